The van der Waals surface area contributed by atoms with Gasteiger partial charge in [0.25, 0.3) is 0 Å². The maximum atomic E-state index is 3.78. The summed E-state index contributed by atoms with van der Waals surface area (Å²) in [5.41, 5.74) is 3.28. The number of nitrogens with zero attached hydrogens (tertiary/aromatic N) is 1. The molecule has 2 aliphatic carbocycles. The summed E-state index contributed by atoms with van der Waals surface area (Å²) in [5.74, 6) is 0. The number of benzene rings is 1. The zero-order valence-corrected chi connectivity index (χ0v) is 13.0. The van der Waals surface area contributed by atoms with E-state index in [-0.39, 0.29) is 0 Å². The molecule has 0 amide bonds. The van der Waals surface area contributed by atoms with Gasteiger partial charge in [0.15, 0.2) is 0 Å². The van der Waals surface area contributed by atoms with Crippen molar-refractivity contribution in [1.82, 2.24) is 5.32 Å². The van der Waals surface area contributed by atoms with Gasteiger partial charge in [-0.05, 0) is 44.2 Å². The molecular formula is C18H28N2. The van der Waals surface area contributed by atoms with Gasteiger partial charge < -0.3 is 10.2 Å². The molecule has 2 heteroatoms. The van der Waals surface area contributed by atoms with E-state index in [9.17, 15) is 0 Å². The Morgan fingerprint density at radius 3 is 2.55 bits per heavy atom. The van der Waals surface area contributed by atoms with Crippen LogP contribution < -0.4 is 10.2 Å². The summed E-state index contributed by atoms with van der Waals surface area (Å²) in [5, 5.41) is 3.78. The Balaban J connectivity index is 1.67. The van der Waals surface area contributed by atoms with Gasteiger partial charge in [-0.15, -0.1) is 0 Å². The number of rotatable bonds is 6. The number of anilines is 1. The van der Waals surface area contributed by atoms with E-state index in [4.69, 9.17) is 0 Å². The van der Waals surface area contributed by atoms with Crippen LogP contribution in [0.15, 0.2) is 24.3 Å². The van der Waals surface area contributed by atoms with Crippen molar-refractivity contribution in [3.8, 4) is 0 Å². The molecule has 2 nitrogen and oxygen atoms in total. The first-order valence-electron chi connectivity index (χ1n) is 8.19. The van der Waals surface area contributed by atoms with E-state index in [1.54, 1.807) is 0 Å². The standard InChI is InChI=1S/C18H28N2/c1-15-7-3-4-8-17(15)20(2)14-18(11-5-6-12-18)13-19-16-9-10-16/h3-4,7-8,16,19H,5-6,9-14H2,1-2H3. The summed E-state index contributed by atoms with van der Waals surface area (Å²) in [6, 6.07) is 9.59. The lowest BCUT2D eigenvalue weighted by Crippen LogP contribution is -2.42. The average Bonchev–Trinajstić information content (AvgIpc) is 3.17. The lowest BCUT2D eigenvalue weighted by atomic mass is 9.85. The Morgan fingerprint density at radius 2 is 1.90 bits per heavy atom. The predicted octanol–water partition coefficient (Wildman–Crippen LogP) is 3.74. The summed E-state index contributed by atoms with van der Waals surface area (Å²) in [6.45, 7) is 4.63. The Labute approximate surface area is 123 Å². The van der Waals surface area contributed by atoms with Gasteiger partial charge >= 0.3 is 0 Å². The van der Waals surface area contributed by atoms with Gasteiger partial charge in [-0.2, -0.15) is 0 Å². The van der Waals surface area contributed by atoms with Crippen LogP contribution in [0, 0.1) is 12.3 Å². The molecular weight excluding hydrogens is 244 g/mol. The number of para-hydroxylation sites is 1. The van der Waals surface area contributed by atoms with Gasteiger partial charge in [0, 0.05) is 37.3 Å². The number of hydrogen-bond donors (Lipinski definition) is 1. The minimum atomic E-state index is 0.500. The fourth-order valence-corrected chi connectivity index (χ4v) is 3.74. The molecule has 20 heavy (non-hydrogen) atoms. The first kappa shape index (κ1) is 13.9. The van der Waals surface area contributed by atoms with Crippen molar-refractivity contribution < 1.29 is 0 Å². The van der Waals surface area contributed by atoms with Crippen LogP contribution in [-0.4, -0.2) is 26.2 Å². The van der Waals surface area contributed by atoms with Gasteiger partial charge in [0.1, 0.15) is 0 Å². The number of hydrogen-bond acceptors (Lipinski definition) is 2. The van der Waals surface area contributed by atoms with Crippen LogP contribution >= 0.6 is 0 Å². The van der Waals surface area contributed by atoms with Crippen LogP contribution in [0.4, 0.5) is 5.69 Å². The molecule has 2 saturated carbocycles. The van der Waals surface area contributed by atoms with E-state index < -0.39 is 0 Å². The Kier molecular flexibility index (Phi) is 4.02. The number of nitrogens with one attached hydrogen (secondary N) is 1. The third kappa shape index (κ3) is 3.17. The van der Waals surface area contributed by atoms with Crippen LogP contribution in [0.1, 0.15) is 44.1 Å². The molecule has 110 valence electrons. The molecule has 2 aliphatic rings. The lowest BCUT2D eigenvalue weighted by molar-refractivity contribution is 0.285. The molecule has 1 aromatic rings. The maximum absolute atomic E-state index is 3.78. The first-order valence-corrected chi connectivity index (χ1v) is 8.19. The summed E-state index contributed by atoms with van der Waals surface area (Å²) in [6.07, 6.45) is 8.39. The van der Waals surface area contributed by atoms with E-state index in [0.29, 0.717) is 5.41 Å². The predicted molar refractivity (Wildman–Crippen MR) is 86.4 cm³/mol. The van der Waals surface area contributed by atoms with Crippen molar-refractivity contribution >= 4 is 5.69 Å². The van der Waals surface area contributed by atoms with Crippen LogP contribution in [0.3, 0.4) is 0 Å². The molecule has 3 rings (SSSR count). The maximum Gasteiger partial charge on any atom is 0.0393 e. The van der Waals surface area contributed by atoms with Crippen LogP contribution in [0.2, 0.25) is 0 Å². The smallest absolute Gasteiger partial charge is 0.0393 e. The molecule has 0 unspecified atom stereocenters. The van der Waals surface area contributed by atoms with Gasteiger partial charge in [0.2, 0.25) is 0 Å². The molecule has 1 N–H and O–H groups in total. The molecule has 0 heterocycles. The second-order valence-electron chi connectivity index (χ2n) is 7.00. The molecule has 0 spiro atoms. The molecule has 0 radical (unpaired) electrons. The molecule has 0 bridgehead atoms. The van der Waals surface area contributed by atoms with Crippen molar-refractivity contribution in [1.29, 1.82) is 0 Å². The van der Waals surface area contributed by atoms with Crippen LogP contribution in [-0.2, 0) is 0 Å². The minimum absolute atomic E-state index is 0.500. The van der Waals surface area contributed by atoms with Gasteiger partial charge in [-0.3, -0.25) is 0 Å². The largest absolute Gasteiger partial charge is 0.374 e. The zero-order valence-electron chi connectivity index (χ0n) is 13.0. The highest BCUT2D eigenvalue weighted by molar-refractivity contribution is 5.52. The average molecular weight is 272 g/mol. The van der Waals surface area contributed by atoms with Crippen molar-refractivity contribution in [3.05, 3.63) is 29.8 Å². The zero-order chi connectivity index (χ0) is 14.0. The highest BCUT2D eigenvalue weighted by atomic mass is 15.1. The fraction of sp³-hybridized carbons (Fsp3) is 0.667. The van der Waals surface area contributed by atoms with Crippen molar-refractivity contribution in [2.45, 2.75) is 51.5 Å². The molecule has 0 atom stereocenters. The SMILES string of the molecule is Cc1ccccc1N(C)CC1(CNC2CC2)CCCC1. The normalized spacial score (nSPS) is 21.1. The molecule has 0 saturated heterocycles. The summed E-state index contributed by atoms with van der Waals surface area (Å²) in [4.78, 5) is 2.48. The van der Waals surface area contributed by atoms with Crippen molar-refractivity contribution in [2.24, 2.45) is 5.41 Å². The minimum Gasteiger partial charge on any atom is -0.374 e. The molecule has 2 fully saturated rings. The monoisotopic (exact) mass is 272 g/mol. The third-order valence-corrected chi connectivity index (χ3v) is 5.11. The third-order valence-electron chi connectivity index (χ3n) is 5.11. The quantitative estimate of drug-likeness (QED) is 0.848. The van der Waals surface area contributed by atoms with E-state index in [1.807, 2.05) is 0 Å². The van der Waals surface area contributed by atoms with E-state index >= 15 is 0 Å². The lowest BCUT2D eigenvalue weighted by Gasteiger charge is -2.35. The summed E-state index contributed by atoms with van der Waals surface area (Å²) >= 11 is 0. The fourth-order valence-electron chi connectivity index (χ4n) is 3.74. The summed E-state index contributed by atoms with van der Waals surface area (Å²) < 4.78 is 0. The van der Waals surface area contributed by atoms with Crippen LogP contribution in [0.25, 0.3) is 0 Å². The highest BCUT2D eigenvalue weighted by Crippen LogP contribution is 2.40. The highest BCUT2D eigenvalue weighted by Gasteiger charge is 2.36. The van der Waals surface area contributed by atoms with E-state index in [1.165, 1.54) is 62.9 Å². The second-order valence-corrected chi connectivity index (χ2v) is 7.00. The molecule has 1 aromatic carbocycles. The summed E-state index contributed by atoms with van der Waals surface area (Å²) in [7, 11) is 2.26. The van der Waals surface area contributed by atoms with Gasteiger partial charge in [-0.25, -0.2) is 0 Å². The van der Waals surface area contributed by atoms with Gasteiger partial charge in [-0.1, -0.05) is 31.0 Å². The second kappa shape index (κ2) is 5.77. The molecule has 0 aromatic heterocycles. The van der Waals surface area contributed by atoms with Gasteiger partial charge in [0.05, 0.1) is 0 Å². The van der Waals surface area contributed by atoms with E-state index in [0.717, 1.165) is 6.04 Å². The van der Waals surface area contributed by atoms with Crippen molar-refractivity contribution in [3.63, 3.8) is 0 Å². The Morgan fingerprint density at radius 1 is 1.20 bits per heavy atom. The topological polar surface area (TPSA) is 15.3 Å². The Bertz CT molecular complexity index is 444. The van der Waals surface area contributed by atoms with E-state index in [2.05, 4.69) is 48.5 Å². The first-order chi connectivity index (χ1) is 9.69. The number of aryl methyl sites for hydroxylation is 1. The molecule has 0 aliphatic heterocycles. The van der Waals surface area contributed by atoms with Crippen LogP contribution in [0.5, 0.6) is 0 Å². The van der Waals surface area contributed by atoms with Crippen molar-refractivity contribution in [2.75, 3.05) is 25.0 Å². The Hall–Kier alpha value is -1.02.